The van der Waals surface area contributed by atoms with E-state index in [2.05, 4.69) is 122 Å². The van der Waals surface area contributed by atoms with Crippen LogP contribution in [0.15, 0.2) is 88.3 Å². The van der Waals surface area contributed by atoms with E-state index in [1.165, 1.54) is 21.5 Å². The lowest BCUT2D eigenvalue weighted by molar-refractivity contribution is -0.0187. The Morgan fingerprint density at radius 2 is 1.64 bits per heavy atom. The molecule has 1 saturated carbocycles. The van der Waals surface area contributed by atoms with Gasteiger partial charge in [0.05, 0.1) is 0 Å². The standard InChI is InChI=1S/C33H39BrN2O2Si/c1-23-20-32(21-24-15-16-25(34)19-28(24)33(32)22-37-30(35)36-33)18-17-29(23)38-39(31(2,3)4,26-11-7-5-8-12-26)27-13-9-6-10-14-27/h5-16,19,23,29H,17-18,20-22H2,1-4H3,(H2,35,36)/t23-,29-,32-,33?/m1/s1. The molecule has 1 fully saturated rings. The maximum atomic E-state index is 7.64. The van der Waals surface area contributed by atoms with Crippen molar-refractivity contribution in [2.24, 2.45) is 22.1 Å². The topological polar surface area (TPSA) is 56.8 Å². The first-order valence-corrected chi connectivity index (χ1v) is 16.9. The summed E-state index contributed by atoms with van der Waals surface area (Å²) < 4.78 is 14.6. The molecule has 4 atom stereocenters. The summed E-state index contributed by atoms with van der Waals surface area (Å²) in [6.07, 6.45) is 4.23. The average Bonchev–Trinajstić information content (AvgIpc) is 3.42. The number of ether oxygens (including phenoxy) is 1. The molecule has 0 amide bonds. The molecular formula is C33H39BrN2O2Si. The Balaban J connectivity index is 1.38. The predicted octanol–water partition coefficient (Wildman–Crippen LogP) is 6.30. The quantitative estimate of drug-likeness (QED) is 0.357. The van der Waals surface area contributed by atoms with E-state index in [1.54, 1.807) is 0 Å². The molecule has 3 aromatic rings. The molecule has 2 N–H and O–H groups in total. The van der Waals surface area contributed by atoms with Crippen molar-refractivity contribution >= 4 is 40.6 Å². The molecule has 4 nitrogen and oxygen atoms in total. The number of halogens is 1. The van der Waals surface area contributed by atoms with Crippen LogP contribution in [0.5, 0.6) is 0 Å². The van der Waals surface area contributed by atoms with Gasteiger partial charge >= 0.3 is 0 Å². The van der Waals surface area contributed by atoms with Crippen molar-refractivity contribution in [1.82, 2.24) is 0 Å². The molecule has 0 aromatic heterocycles. The van der Waals surface area contributed by atoms with Crippen LogP contribution in [0, 0.1) is 11.3 Å². The van der Waals surface area contributed by atoms with Crippen molar-refractivity contribution < 1.29 is 9.16 Å². The number of rotatable bonds is 4. The summed E-state index contributed by atoms with van der Waals surface area (Å²) in [6, 6.07) is 29.0. The minimum atomic E-state index is -2.63. The number of amidine groups is 1. The summed E-state index contributed by atoms with van der Waals surface area (Å²) in [5, 5.41) is 2.64. The van der Waals surface area contributed by atoms with Crippen molar-refractivity contribution in [2.75, 3.05) is 6.61 Å². The SMILES string of the molecule is C[C@@H]1C[C@]2(CC[C@H]1O[Si](c1ccccc1)(c1ccccc1)C(C)(C)C)Cc1ccc(Br)cc1C21COC(N)=N1. The van der Waals surface area contributed by atoms with Crippen LogP contribution in [-0.4, -0.2) is 27.0 Å². The Bertz CT molecular complexity index is 1350. The van der Waals surface area contributed by atoms with Crippen LogP contribution in [-0.2, 0) is 21.1 Å². The Kier molecular flexibility index (Phi) is 6.60. The van der Waals surface area contributed by atoms with E-state index in [-0.39, 0.29) is 16.6 Å². The van der Waals surface area contributed by atoms with Gasteiger partial charge in [0, 0.05) is 16.0 Å². The highest BCUT2D eigenvalue weighted by atomic mass is 79.9. The van der Waals surface area contributed by atoms with Gasteiger partial charge in [0.2, 0.25) is 0 Å². The molecular weight excluding hydrogens is 564 g/mol. The normalized spacial score (nSPS) is 28.4. The summed E-state index contributed by atoms with van der Waals surface area (Å²) in [5.74, 6) is 0.368. The second-order valence-corrected chi connectivity index (χ2v) is 18.1. The lowest BCUT2D eigenvalue weighted by Gasteiger charge is -2.52. The van der Waals surface area contributed by atoms with Crippen LogP contribution in [0.1, 0.15) is 58.1 Å². The molecule has 1 heterocycles. The highest BCUT2D eigenvalue weighted by molar-refractivity contribution is 9.10. The van der Waals surface area contributed by atoms with E-state index in [0.29, 0.717) is 18.5 Å². The first-order chi connectivity index (χ1) is 18.6. The second-order valence-electron chi connectivity index (χ2n) is 12.9. The second kappa shape index (κ2) is 9.60. The van der Waals surface area contributed by atoms with Crippen LogP contribution >= 0.6 is 15.9 Å². The van der Waals surface area contributed by atoms with E-state index in [4.69, 9.17) is 19.9 Å². The van der Waals surface area contributed by atoms with Crippen molar-refractivity contribution in [3.05, 3.63) is 94.5 Å². The third kappa shape index (κ3) is 4.13. The summed E-state index contributed by atoms with van der Waals surface area (Å²) in [7, 11) is -2.63. The Hall–Kier alpha value is -2.41. The van der Waals surface area contributed by atoms with Gasteiger partial charge in [-0.2, -0.15) is 0 Å². The molecule has 0 bridgehead atoms. The molecule has 2 aliphatic carbocycles. The molecule has 6 heteroatoms. The van der Waals surface area contributed by atoms with E-state index < -0.39 is 13.9 Å². The van der Waals surface area contributed by atoms with E-state index in [0.717, 1.165) is 30.2 Å². The third-order valence-corrected chi connectivity index (χ3v) is 15.2. The van der Waals surface area contributed by atoms with Crippen molar-refractivity contribution in [1.29, 1.82) is 0 Å². The number of hydrogen-bond donors (Lipinski definition) is 1. The van der Waals surface area contributed by atoms with Crippen LogP contribution in [0.25, 0.3) is 0 Å². The van der Waals surface area contributed by atoms with Crippen LogP contribution in [0.4, 0.5) is 0 Å². The van der Waals surface area contributed by atoms with Crippen molar-refractivity contribution in [3.63, 3.8) is 0 Å². The summed E-state index contributed by atoms with van der Waals surface area (Å²) in [6.45, 7) is 10.0. The monoisotopic (exact) mass is 602 g/mol. The molecule has 0 radical (unpaired) electrons. The van der Waals surface area contributed by atoms with Gasteiger partial charge < -0.3 is 14.9 Å². The van der Waals surface area contributed by atoms with Gasteiger partial charge in [0.15, 0.2) is 0 Å². The summed E-state index contributed by atoms with van der Waals surface area (Å²) in [4.78, 5) is 5.07. The van der Waals surface area contributed by atoms with Gasteiger partial charge in [0.25, 0.3) is 14.3 Å². The largest absolute Gasteiger partial charge is 0.462 e. The summed E-state index contributed by atoms with van der Waals surface area (Å²) >= 11 is 3.70. The average molecular weight is 604 g/mol. The third-order valence-electron chi connectivity index (χ3n) is 9.65. The zero-order valence-electron chi connectivity index (χ0n) is 23.4. The van der Waals surface area contributed by atoms with Crippen LogP contribution < -0.4 is 16.1 Å². The number of aliphatic imine (C=N–C) groups is 1. The zero-order chi connectivity index (χ0) is 27.5. The lowest BCUT2D eigenvalue weighted by Crippen LogP contribution is -2.68. The van der Waals surface area contributed by atoms with Gasteiger partial charge in [-0.1, -0.05) is 110 Å². The van der Waals surface area contributed by atoms with E-state index in [1.807, 2.05) is 0 Å². The fourth-order valence-electron chi connectivity index (χ4n) is 7.91. The first-order valence-electron chi connectivity index (χ1n) is 14.2. The number of nitrogens with zero attached hydrogens (tertiary/aromatic N) is 1. The lowest BCUT2D eigenvalue weighted by atomic mass is 9.59. The number of nitrogens with two attached hydrogens (primary N) is 1. The fraction of sp³-hybridized carbons (Fsp3) is 0.424. The zero-order valence-corrected chi connectivity index (χ0v) is 26.0. The molecule has 2 spiro atoms. The molecule has 3 aliphatic rings. The van der Waals surface area contributed by atoms with Gasteiger partial charge in [0.1, 0.15) is 12.1 Å². The molecule has 6 rings (SSSR count). The fourth-order valence-corrected chi connectivity index (χ4v) is 13.1. The molecule has 39 heavy (non-hydrogen) atoms. The van der Waals surface area contributed by atoms with Crippen molar-refractivity contribution in [3.8, 4) is 0 Å². The smallest absolute Gasteiger partial charge is 0.283 e. The highest BCUT2D eigenvalue weighted by Crippen LogP contribution is 2.62. The number of hydrogen-bond acceptors (Lipinski definition) is 4. The van der Waals surface area contributed by atoms with Gasteiger partial charge in [-0.15, -0.1) is 0 Å². The van der Waals surface area contributed by atoms with Crippen LogP contribution in [0.3, 0.4) is 0 Å². The molecule has 0 saturated heterocycles. The van der Waals surface area contributed by atoms with E-state index in [9.17, 15) is 0 Å². The van der Waals surface area contributed by atoms with Gasteiger partial charge in [-0.3, -0.25) is 0 Å². The van der Waals surface area contributed by atoms with Crippen molar-refractivity contribution in [2.45, 2.75) is 70.1 Å². The maximum Gasteiger partial charge on any atom is 0.283 e. The van der Waals surface area contributed by atoms with Gasteiger partial charge in [-0.25, -0.2) is 4.99 Å². The molecule has 1 aliphatic heterocycles. The minimum absolute atomic E-state index is 0.0258. The molecule has 204 valence electrons. The Morgan fingerprint density at radius 3 is 2.18 bits per heavy atom. The summed E-state index contributed by atoms with van der Waals surface area (Å²) in [5.41, 5.74) is 8.39. The Labute approximate surface area is 242 Å². The molecule has 1 unspecified atom stereocenters. The number of fused-ring (bicyclic) bond motifs is 3. The predicted molar refractivity (Wildman–Crippen MR) is 165 cm³/mol. The van der Waals surface area contributed by atoms with Gasteiger partial charge in [-0.05, 0) is 70.3 Å². The molecule has 3 aromatic carbocycles. The number of benzene rings is 3. The van der Waals surface area contributed by atoms with Crippen LogP contribution in [0.2, 0.25) is 5.04 Å². The Morgan fingerprint density at radius 1 is 1.00 bits per heavy atom. The minimum Gasteiger partial charge on any atom is -0.462 e. The maximum absolute atomic E-state index is 7.64. The van der Waals surface area contributed by atoms with E-state index >= 15 is 0 Å². The first kappa shape index (κ1) is 26.8. The highest BCUT2D eigenvalue weighted by Gasteiger charge is 2.63.